The van der Waals surface area contributed by atoms with Gasteiger partial charge in [-0.05, 0) is 43.7 Å². The van der Waals surface area contributed by atoms with Crippen LogP contribution in [0.3, 0.4) is 0 Å². The standard InChI is InChI=1S/C21H24FN3O4/c1-11-18-15(20(27)16(21(28)29)10-25(18)14-3-4-14)7-17(22)19(11)24-6-5-13(9-24)8-23-12(2)26/h7,10,13-14H,3-6,8-9H2,1-2H3,(H,23,26)(H,28,29). The highest BCUT2D eigenvalue weighted by atomic mass is 19.1. The maximum atomic E-state index is 15.1. The van der Waals surface area contributed by atoms with Crippen molar-refractivity contribution in [2.75, 3.05) is 24.5 Å². The van der Waals surface area contributed by atoms with Gasteiger partial charge in [-0.1, -0.05) is 0 Å². The Morgan fingerprint density at radius 1 is 1.31 bits per heavy atom. The molecule has 2 heterocycles. The number of fused-ring (bicyclic) bond motifs is 1. The first-order valence-electron chi connectivity index (χ1n) is 9.88. The molecule has 2 N–H and O–H groups in total. The van der Waals surface area contributed by atoms with Gasteiger partial charge in [0.1, 0.15) is 11.4 Å². The summed E-state index contributed by atoms with van der Waals surface area (Å²) in [6.07, 6.45) is 4.06. The second kappa shape index (κ2) is 7.17. The third-order valence-corrected chi connectivity index (χ3v) is 5.89. The predicted molar refractivity (Wildman–Crippen MR) is 107 cm³/mol. The van der Waals surface area contributed by atoms with Gasteiger partial charge in [0, 0.05) is 44.2 Å². The summed E-state index contributed by atoms with van der Waals surface area (Å²) in [4.78, 5) is 37.3. The first-order chi connectivity index (χ1) is 13.8. The minimum atomic E-state index is -1.30. The number of nitrogens with one attached hydrogen (secondary N) is 1. The van der Waals surface area contributed by atoms with Crippen LogP contribution in [-0.4, -0.2) is 41.2 Å². The summed E-state index contributed by atoms with van der Waals surface area (Å²) in [5.74, 6) is -1.67. The molecule has 0 spiro atoms. The van der Waals surface area contributed by atoms with Gasteiger partial charge in [-0.2, -0.15) is 0 Å². The molecule has 4 rings (SSSR count). The Hall–Kier alpha value is -2.90. The maximum absolute atomic E-state index is 15.1. The number of rotatable bonds is 5. The number of hydrogen-bond donors (Lipinski definition) is 2. The zero-order chi connectivity index (χ0) is 20.9. The lowest BCUT2D eigenvalue weighted by molar-refractivity contribution is -0.119. The first kappa shape index (κ1) is 19.4. The van der Waals surface area contributed by atoms with Crippen molar-refractivity contribution in [3.8, 4) is 0 Å². The van der Waals surface area contributed by atoms with E-state index in [-0.39, 0.29) is 28.8 Å². The molecular weight excluding hydrogens is 377 g/mol. The molecule has 2 fully saturated rings. The van der Waals surface area contributed by atoms with E-state index < -0.39 is 17.2 Å². The van der Waals surface area contributed by atoms with Gasteiger partial charge in [0.05, 0.1) is 11.2 Å². The highest BCUT2D eigenvalue weighted by Gasteiger charge is 2.31. The van der Waals surface area contributed by atoms with E-state index in [9.17, 15) is 19.5 Å². The Bertz CT molecular complexity index is 1070. The molecule has 1 amide bonds. The summed E-state index contributed by atoms with van der Waals surface area (Å²) in [5.41, 5.74) is 0.750. The van der Waals surface area contributed by atoms with Gasteiger partial charge in [-0.15, -0.1) is 0 Å². The number of carbonyl (C=O) groups excluding carboxylic acids is 1. The number of amides is 1. The normalized spacial score (nSPS) is 19.0. The molecule has 154 valence electrons. The number of carbonyl (C=O) groups is 2. The molecule has 8 heteroatoms. The molecule has 0 bridgehead atoms. The van der Waals surface area contributed by atoms with Crippen LogP contribution < -0.4 is 15.6 Å². The monoisotopic (exact) mass is 401 g/mol. The van der Waals surface area contributed by atoms with Crippen molar-refractivity contribution in [3.05, 3.63) is 39.4 Å². The van der Waals surface area contributed by atoms with Crippen molar-refractivity contribution in [2.45, 2.75) is 39.2 Å². The van der Waals surface area contributed by atoms with Crippen LogP contribution in [0.5, 0.6) is 0 Å². The number of halogens is 1. The van der Waals surface area contributed by atoms with Gasteiger partial charge in [-0.3, -0.25) is 9.59 Å². The maximum Gasteiger partial charge on any atom is 0.341 e. The summed E-state index contributed by atoms with van der Waals surface area (Å²) in [5, 5.41) is 12.3. The Labute approximate surface area is 167 Å². The molecular formula is C21H24FN3O4. The van der Waals surface area contributed by atoms with Crippen molar-refractivity contribution >= 4 is 28.5 Å². The number of aryl methyl sites for hydroxylation is 1. The van der Waals surface area contributed by atoms with Crippen LogP contribution in [-0.2, 0) is 4.79 Å². The summed E-state index contributed by atoms with van der Waals surface area (Å²) in [6.45, 7) is 5.09. The molecule has 1 atom stereocenters. The molecule has 29 heavy (non-hydrogen) atoms. The number of nitrogens with zero attached hydrogens (tertiary/aromatic N) is 2. The number of anilines is 1. The number of carboxylic acid groups (broad SMARTS) is 1. The lowest BCUT2D eigenvalue weighted by Gasteiger charge is -2.24. The number of aromatic nitrogens is 1. The van der Waals surface area contributed by atoms with Gasteiger partial charge < -0.3 is 19.9 Å². The Morgan fingerprint density at radius 2 is 2.03 bits per heavy atom. The molecule has 1 aromatic heterocycles. The quantitative estimate of drug-likeness (QED) is 0.803. The van der Waals surface area contributed by atoms with Crippen LogP contribution in [0.1, 0.15) is 48.1 Å². The number of benzene rings is 1. The number of pyridine rings is 1. The molecule has 7 nitrogen and oxygen atoms in total. The van der Waals surface area contributed by atoms with Crippen LogP contribution in [0.4, 0.5) is 10.1 Å². The summed E-state index contributed by atoms with van der Waals surface area (Å²) in [6, 6.07) is 1.33. The minimum absolute atomic E-state index is 0.0841. The molecule has 2 aromatic rings. The van der Waals surface area contributed by atoms with E-state index in [1.807, 2.05) is 9.47 Å². The van der Waals surface area contributed by atoms with E-state index in [0.29, 0.717) is 36.4 Å². The van der Waals surface area contributed by atoms with Gasteiger partial charge in [0.25, 0.3) is 0 Å². The Kier molecular flexibility index (Phi) is 4.80. The number of aromatic carboxylic acids is 1. The molecule has 1 unspecified atom stereocenters. The third kappa shape index (κ3) is 3.47. The lowest BCUT2D eigenvalue weighted by Crippen LogP contribution is -2.30. The number of hydrogen-bond acceptors (Lipinski definition) is 4. The fourth-order valence-corrected chi connectivity index (χ4v) is 4.34. The summed E-state index contributed by atoms with van der Waals surface area (Å²) < 4.78 is 17.0. The zero-order valence-corrected chi connectivity index (χ0v) is 16.5. The molecule has 2 aliphatic rings. The van der Waals surface area contributed by atoms with E-state index >= 15 is 4.39 Å². The van der Waals surface area contributed by atoms with Crippen LogP contribution in [0.25, 0.3) is 10.9 Å². The SMILES string of the molecule is CC(=O)NCC1CCN(c2c(F)cc3c(=O)c(C(=O)O)cn(C4CC4)c3c2C)C1. The minimum Gasteiger partial charge on any atom is -0.477 e. The van der Waals surface area contributed by atoms with Crippen molar-refractivity contribution in [3.63, 3.8) is 0 Å². The van der Waals surface area contributed by atoms with E-state index in [4.69, 9.17) is 0 Å². The Balaban J connectivity index is 1.80. The van der Waals surface area contributed by atoms with Crippen LogP contribution in [0.2, 0.25) is 0 Å². The first-order valence-corrected chi connectivity index (χ1v) is 9.88. The summed E-state index contributed by atoms with van der Waals surface area (Å²) in [7, 11) is 0. The van der Waals surface area contributed by atoms with E-state index in [1.165, 1.54) is 19.2 Å². The largest absolute Gasteiger partial charge is 0.477 e. The van der Waals surface area contributed by atoms with Crippen molar-refractivity contribution in [1.29, 1.82) is 0 Å². The van der Waals surface area contributed by atoms with Gasteiger partial charge in [-0.25, -0.2) is 9.18 Å². The molecule has 1 saturated heterocycles. The van der Waals surface area contributed by atoms with E-state index in [2.05, 4.69) is 5.32 Å². The highest BCUT2D eigenvalue weighted by molar-refractivity contribution is 5.95. The topological polar surface area (TPSA) is 91.6 Å². The molecule has 1 saturated carbocycles. The van der Waals surface area contributed by atoms with Crippen molar-refractivity contribution in [2.24, 2.45) is 5.92 Å². The Morgan fingerprint density at radius 3 is 2.66 bits per heavy atom. The second-order valence-electron chi connectivity index (χ2n) is 8.08. The molecule has 0 radical (unpaired) electrons. The lowest BCUT2D eigenvalue weighted by atomic mass is 10.0. The fourth-order valence-electron chi connectivity index (χ4n) is 4.34. The molecule has 1 aliphatic carbocycles. The van der Waals surface area contributed by atoms with Gasteiger partial charge >= 0.3 is 5.97 Å². The van der Waals surface area contributed by atoms with Crippen LogP contribution in [0.15, 0.2) is 17.1 Å². The fraction of sp³-hybridized carbons (Fsp3) is 0.476. The van der Waals surface area contributed by atoms with Crippen molar-refractivity contribution < 1.29 is 19.1 Å². The average Bonchev–Trinajstić information content (AvgIpc) is 3.39. The van der Waals surface area contributed by atoms with E-state index in [1.54, 1.807) is 6.92 Å². The van der Waals surface area contributed by atoms with Gasteiger partial charge in [0.2, 0.25) is 11.3 Å². The van der Waals surface area contributed by atoms with E-state index in [0.717, 1.165) is 19.3 Å². The van der Waals surface area contributed by atoms with Crippen LogP contribution >= 0.6 is 0 Å². The number of carboxylic acids is 1. The third-order valence-electron chi connectivity index (χ3n) is 5.89. The molecule has 1 aromatic carbocycles. The summed E-state index contributed by atoms with van der Waals surface area (Å²) >= 11 is 0. The second-order valence-corrected chi connectivity index (χ2v) is 8.08. The smallest absolute Gasteiger partial charge is 0.341 e. The molecule has 1 aliphatic heterocycles. The van der Waals surface area contributed by atoms with Crippen LogP contribution in [0, 0.1) is 18.7 Å². The van der Waals surface area contributed by atoms with Crippen molar-refractivity contribution in [1.82, 2.24) is 9.88 Å². The average molecular weight is 401 g/mol. The zero-order valence-electron chi connectivity index (χ0n) is 16.5. The highest BCUT2D eigenvalue weighted by Crippen LogP contribution is 2.40. The van der Waals surface area contributed by atoms with Gasteiger partial charge in [0.15, 0.2) is 0 Å². The predicted octanol–water partition coefficient (Wildman–Crippen LogP) is 2.44.